The third kappa shape index (κ3) is 4.35. The molecule has 0 aliphatic heterocycles. The van der Waals surface area contributed by atoms with Gasteiger partial charge in [-0.25, -0.2) is 9.48 Å². The number of aromatic amines is 2. The smallest absolute Gasteiger partial charge is 0.323 e. The monoisotopic (exact) mass is 425 g/mol. The molecule has 1 atom stereocenters. The van der Waals surface area contributed by atoms with Crippen LogP contribution in [0, 0.1) is 0 Å². The van der Waals surface area contributed by atoms with E-state index >= 15 is 0 Å². The van der Waals surface area contributed by atoms with Crippen molar-refractivity contribution in [3.63, 3.8) is 0 Å². The summed E-state index contributed by atoms with van der Waals surface area (Å²) in [6.45, 7) is 2.26. The fraction of sp³-hybridized carbons (Fsp3) is 0.211. The summed E-state index contributed by atoms with van der Waals surface area (Å²) in [4.78, 5) is 29.3. The molecule has 154 valence electrons. The minimum Gasteiger partial charge on any atom is -0.497 e. The highest BCUT2D eigenvalue weighted by molar-refractivity contribution is 8.00. The Morgan fingerprint density at radius 2 is 1.97 bits per heavy atom. The van der Waals surface area contributed by atoms with Crippen LogP contribution in [0.3, 0.4) is 0 Å². The number of tetrazole rings is 1. The Labute approximate surface area is 175 Å². The van der Waals surface area contributed by atoms with Crippen LogP contribution in [-0.2, 0) is 11.3 Å². The number of hydrogen-bond acceptors (Lipinski definition) is 7. The van der Waals surface area contributed by atoms with Crippen molar-refractivity contribution in [3.8, 4) is 5.75 Å². The number of carbonyl (C=O) groups excluding carboxylic acids is 1. The average Bonchev–Trinajstić information content (AvgIpc) is 3.33. The minimum atomic E-state index is -0.438. The van der Waals surface area contributed by atoms with Gasteiger partial charge in [-0.15, -0.1) is 5.10 Å². The second-order valence-corrected chi connectivity index (χ2v) is 7.86. The molecule has 0 saturated heterocycles. The quantitative estimate of drug-likeness (QED) is 0.386. The van der Waals surface area contributed by atoms with Crippen molar-refractivity contribution in [3.05, 3.63) is 58.5 Å². The van der Waals surface area contributed by atoms with Gasteiger partial charge in [-0.3, -0.25) is 4.79 Å². The van der Waals surface area contributed by atoms with Gasteiger partial charge < -0.3 is 20.0 Å². The van der Waals surface area contributed by atoms with Crippen molar-refractivity contribution in [1.82, 2.24) is 30.2 Å². The number of amides is 1. The number of benzene rings is 2. The maximum absolute atomic E-state index is 12.6. The molecular weight excluding hydrogens is 406 g/mol. The Bertz CT molecular complexity index is 1230. The zero-order chi connectivity index (χ0) is 21.1. The maximum Gasteiger partial charge on any atom is 0.323 e. The molecule has 0 spiro atoms. The molecule has 2 aromatic carbocycles. The number of nitrogens with one attached hydrogen (secondary N) is 3. The van der Waals surface area contributed by atoms with Crippen LogP contribution in [0.5, 0.6) is 5.75 Å². The minimum absolute atomic E-state index is 0.198. The number of imidazole rings is 1. The van der Waals surface area contributed by atoms with E-state index < -0.39 is 5.25 Å². The van der Waals surface area contributed by atoms with E-state index in [1.165, 1.54) is 11.8 Å². The summed E-state index contributed by atoms with van der Waals surface area (Å²) in [6.07, 6.45) is 0. The Morgan fingerprint density at radius 3 is 2.73 bits per heavy atom. The van der Waals surface area contributed by atoms with E-state index in [0.717, 1.165) is 11.3 Å². The summed E-state index contributed by atoms with van der Waals surface area (Å²) in [6, 6.07) is 12.8. The molecule has 0 aliphatic carbocycles. The molecule has 3 N–H and O–H groups in total. The summed E-state index contributed by atoms with van der Waals surface area (Å²) in [5.74, 6) is 0.577. The van der Waals surface area contributed by atoms with E-state index in [0.29, 0.717) is 28.4 Å². The Kier molecular flexibility index (Phi) is 5.53. The van der Waals surface area contributed by atoms with Gasteiger partial charge in [0.1, 0.15) is 5.75 Å². The first-order valence-electron chi connectivity index (χ1n) is 9.10. The number of rotatable bonds is 7. The molecule has 0 unspecified atom stereocenters. The number of carbonyl (C=O) groups is 1. The molecule has 1 amide bonds. The number of hydrogen-bond donors (Lipinski definition) is 3. The fourth-order valence-electron chi connectivity index (χ4n) is 2.85. The van der Waals surface area contributed by atoms with Crippen molar-refractivity contribution in [1.29, 1.82) is 0 Å². The second-order valence-electron chi connectivity index (χ2n) is 6.56. The summed E-state index contributed by atoms with van der Waals surface area (Å²) >= 11 is 1.26. The van der Waals surface area contributed by atoms with Gasteiger partial charge in [0, 0.05) is 5.69 Å². The maximum atomic E-state index is 12.6. The lowest BCUT2D eigenvalue weighted by Crippen LogP contribution is -2.23. The second kappa shape index (κ2) is 8.41. The largest absolute Gasteiger partial charge is 0.497 e. The van der Waals surface area contributed by atoms with Crippen molar-refractivity contribution in [2.24, 2.45) is 0 Å². The van der Waals surface area contributed by atoms with Crippen LogP contribution >= 0.6 is 11.8 Å². The van der Waals surface area contributed by atoms with E-state index in [2.05, 4.69) is 30.8 Å². The number of anilines is 1. The highest BCUT2D eigenvalue weighted by Crippen LogP contribution is 2.23. The highest BCUT2D eigenvalue weighted by atomic mass is 32.2. The molecule has 0 bridgehead atoms. The fourth-order valence-corrected chi connectivity index (χ4v) is 3.64. The molecule has 2 heterocycles. The van der Waals surface area contributed by atoms with Crippen LogP contribution in [0.2, 0.25) is 0 Å². The van der Waals surface area contributed by atoms with Crippen molar-refractivity contribution < 1.29 is 9.53 Å². The number of H-pyrrole nitrogens is 2. The van der Waals surface area contributed by atoms with E-state index in [1.54, 1.807) is 36.9 Å². The van der Waals surface area contributed by atoms with Gasteiger partial charge in [-0.05, 0) is 53.2 Å². The average molecular weight is 425 g/mol. The van der Waals surface area contributed by atoms with Crippen LogP contribution in [0.25, 0.3) is 11.0 Å². The van der Waals surface area contributed by atoms with Crippen LogP contribution in [0.4, 0.5) is 5.69 Å². The van der Waals surface area contributed by atoms with E-state index in [4.69, 9.17) is 4.74 Å². The van der Waals surface area contributed by atoms with Crippen molar-refractivity contribution >= 4 is 34.4 Å². The molecule has 30 heavy (non-hydrogen) atoms. The zero-order valence-electron chi connectivity index (χ0n) is 16.2. The number of nitrogens with zero attached hydrogens (tertiary/aromatic N) is 4. The molecular formula is C19H19N7O3S. The first kappa shape index (κ1) is 19.7. The molecule has 0 fully saturated rings. The number of methoxy groups -OCH3 is 1. The summed E-state index contributed by atoms with van der Waals surface area (Å²) in [7, 11) is 1.62. The summed E-state index contributed by atoms with van der Waals surface area (Å²) in [5, 5.41) is 14.7. The predicted octanol–water partition coefficient (Wildman–Crippen LogP) is 2.02. The first-order chi connectivity index (χ1) is 14.5. The van der Waals surface area contributed by atoms with Gasteiger partial charge in [0.05, 0.1) is 29.9 Å². The Hall–Kier alpha value is -3.60. The number of thioether (sulfide) groups is 1. The van der Waals surface area contributed by atoms with E-state index in [1.807, 2.05) is 24.3 Å². The zero-order valence-corrected chi connectivity index (χ0v) is 17.1. The standard InChI is InChI=1S/C19H19N7O3S/c1-11(17(27)20-13-5-8-15-16(9-13)22-18(28)21-15)30-19-23-24-25-26(19)10-12-3-6-14(29-2)7-4-12/h3-9,11H,10H2,1-2H3,(H,20,27)(H2,21,22,28)/t11-/m0/s1. The van der Waals surface area contributed by atoms with Crippen molar-refractivity contribution in [2.45, 2.75) is 23.9 Å². The molecule has 10 nitrogen and oxygen atoms in total. The van der Waals surface area contributed by atoms with Gasteiger partial charge in [0.15, 0.2) is 0 Å². The Balaban J connectivity index is 1.41. The van der Waals surface area contributed by atoms with Gasteiger partial charge in [-0.2, -0.15) is 0 Å². The van der Waals surface area contributed by atoms with Crippen LogP contribution in [-0.4, -0.2) is 48.4 Å². The lowest BCUT2D eigenvalue weighted by Gasteiger charge is -2.12. The molecule has 4 rings (SSSR count). The van der Waals surface area contributed by atoms with E-state index in [-0.39, 0.29) is 11.6 Å². The van der Waals surface area contributed by atoms with Gasteiger partial charge in [0.2, 0.25) is 11.1 Å². The highest BCUT2D eigenvalue weighted by Gasteiger charge is 2.19. The van der Waals surface area contributed by atoms with Gasteiger partial charge in [-0.1, -0.05) is 23.9 Å². The van der Waals surface area contributed by atoms with Crippen LogP contribution < -0.4 is 15.7 Å². The molecule has 0 saturated carbocycles. The lowest BCUT2D eigenvalue weighted by atomic mass is 10.2. The number of ether oxygens (including phenoxy) is 1. The molecule has 2 aromatic heterocycles. The normalized spacial score (nSPS) is 12.1. The van der Waals surface area contributed by atoms with Crippen molar-refractivity contribution in [2.75, 3.05) is 12.4 Å². The molecule has 11 heteroatoms. The topological polar surface area (TPSA) is 131 Å². The van der Waals surface area contributed by atoms with Crippen LogP contribution in [0.15, 0.2) is 52.4 Å². The Morgan fingerprint density at radius 1 is 1.20 bits per heavy atom. The lowest BCUT2D eigenvalue weighted by molar-refractivity contribution is -0.115. The number of fused-ring (bicyclic) bond motifs is 1. The third-order valence-electron chi connectivity index (χ3n) is 4.43. The predicted molar refractivity (Wildman–Crippen MR) is 113 cm³/mol. The summed E-state index contributed by atoms with van der Waals surface area (Å²) < 4.78 is 6.81. The third-order valence-corrected chi connectivity index (χ3v) is 5.50. The molecule has 0 aliphatic rings. The summed E-state index contributed by atoms with van der Waals surface area (Å²) in [5.41, 5.74) is 2.62. The molecule has 0 radical (unpaired) electrons. The first-order valence-corrected chi connectivity index (χ1v) is 9.98. The van der Waals surface area contributed by atoms with Gasteiger partial charge in [0.25, 0.3) is 0 Å². The van der Waals surface area contributed by atoms with E-state index in [9.17, 15) is 9.59 Å². The van der Waals surface area contributed by atoms with Gasteiger partial charge >= 0.3 is 5.69 Å². The molecule has 4 aromatic rings. The van der Waals surface area contributed by atoms with Crippen LogP contribution in [0.1, 0.15) is 12.5 Å². The SMILES string of the molecule is COc1ccc(Cn2nnnc2S[C@@H](C)C(=O)Nc2ccc3[nH]c(=O)[nH]c3c2)cc1. The number of aromatic nitrogens is 6.